The number of ether oxygens (including phenoxy) is 1. The fraction of sp³-hybridized carbons (Fsp3) is 0.158. The number of nitrogens with one attached hydrogen (secondary N) is 1. The molecule has 1 atom stereocenters. The van der Waals surface area contributed by atoms with E-state index >= 15 is 0 Å². The number of anilines is 1. The van der Waals surface area contributed by atoms with Gasteiger partial charge < -0.3 is 15.2 Å². The van der Waals surface area contributed by atoms with E-state index in [0.717, 1.165) is 22.1 Å². The number of pyridine rings is 1. The number of benzene rings is 2. The summed E-state index contributed by atoms with van der Waals surface area (Å²) in [4.78, 5) is 16.4. The molecule has 122 valence electrons. The second kappa shape index (κ2) is 6.58. The summed E-state index contributed by atoms with van der Waals surface area (Å²) in [5.41, 5.74) is 0.889. The number of aromatic nitrogens is 1. The maximum absolute atomic E-state index is 12.4. The molecular weight excluding hydrogens is 304 g/mol. The molecule has 5 heteroatoms. The van der Waals surface area contributed by atoms with Gasteiger partial charge in [-0.25, -0.2) is 4.98 Å². The highest BCUT2D eigenvalue weighted by Crippen LogP contribution is 2.26. The molecule has 0 saturated carbocycles. The summed E-state index contributed by atoms with van der Waals surface area (Å²) in [6, 6.07) is 14.8. The van der Waals surface area contributed by atoms with Crippen LogP contribution in [0.2, 0.25) is 0 Å². The number of methoxy groups -OCH3 is 1. The van der Waals surface area contributed by atoms with Gasteiger partial charge in [0.25, 0.3) is 0 Å². The van der Waals surface area contributed by atoms with E-state index in [2.05, 4.69) is 10.3 Å². The van der Waals surface area contributed by atoms with Crippen LogP contribution in [0, 0.1) is 0 Å². The summed E-state index contributed by atoms with van der Waals surface area (Å²) in [6.07, 6.45) is 1.52. The monoisotopic (exact) mass is 322 g/mol. The van der Waals surface area contributed by atoms with Crippen molar-refractivity contribution in [3.63, 3.8) is 0 Å². The third-order valence-corrected chi connectivity index (χ3v) is 3.99. The molecule has 0 bridgehead atoms. The lowest BCUT2D eigenvalue weighted by atomic mass is 9.97. The maximum atomic E-state index is 12.4. The fourth-order valence-corrected chi connectivity index (χ4v) is 2.51. The Morgan fingerprint density at radius 3 is 2.67 bits per heavy atom. The van der Waals surface area contributed by atoms with Gasteiger partial charge in [0.05, 0.1) is 13.0 Å². The first-order valence-corrected chi connectivity index (χ1v) is 7.61. The highest BCUT2D eigenvalue weighted by atomic mass is 16.5. The van der Waals surface area contributed by atoms with Crippen LogP contribution < -0.4 is 10.1 Å². The fourth-order valence-electron chi connectivity index (χ4n) is 2.51. The van der Waals surface area contributed by atoms with Gasteiger partial charge in [-0.15, -0.1) is 0 Å². The third-order valence-electron chi connectivity index (χ3n) is 3.99. The molecule has 3 rings (SSSR count). The van der Waals surface area contributed by atoms with Crippen LogP contribution in [-0.4, -0.2) is 23.1 Å². The van der Waals surface area contributed by atoms with Crippen molar-refractivity contribution in [1.82, 2.24) is 4.98 Å². The summed E-state index contributed by atoms with van der Waals surface area (Å²) in [7, 11) is 1.63. The van der Waals surface area contributed by atoms with Gasteiger partial charge in [-0.1, -0.05) is 24.3 Å². The number of aromatic hydroxyl groups is 1. The Hall–Kier alpha value is -3.08. The predicted octanol–water partition coefficient (Wildman–Crippen LogP) is 3.69. The lowest BCUT2D eigenvalue weighted by Crippen LogP contribution is -2.19. The van der Waals surface area contributed by atoms with Crippen molar-refractivity contribution in [3.8, 4) is 11.5 Å². The van der Waals surface area contributed by atoms with Crippen molar-refractivity contribution in [1.29, 1.82) is 0 Å². The largest absolute Gasteiger partial charge is 0.504 e. The molecule has 1 heterocycles. The normalized spacial score (nSPS) is 11.9. The third kappa shape index (κ3) is 3.15. The zero-order valence-electron chi connectivity index (χ0n) is 13.5. The smallest absolute Gasteiger partial charge is 0.232 e. The van der Waals surface area contributed by atoms with Gasteiger partial charge in [0, 0.05) is 6.20 Å². The van der Waals surface area contributed by atoms with Crippen LogP contribution in [-0.2, 0) is 4.79 Å². The molecule has 5 nitrogen and oxygen atoms in total. The summed E-state index contributed by atoms with van der Waals surface area (Å²) in [6.45, 7) is 1.82. The Morgan fingerprint density at radius 2 is 1.92 bits per heavy atom. The van der Waals surface area contributed by atoms with E-state index in [9.17, 15) is 9.90 Å². The summed E-state index contributed by atoms with van der Waals surface area (Å²) >= 11 is 0. The van der Waals surface area contributed by atoms with Crippen molar-refractivity contribution in [3.05, 3.63) is 60.3 Å². The van der Waals surface area contributed by atoms with E-state index in [-0.39, 0.29) is 23.4 Å². The number of hydrogen-bond acceptors (Lipinski definition) is 4. The van der Waals surface area contributed by atoms with Gasteiger partial charge in [0.1, 0.15) is 5.75 Å². The Labute approximate surface area is 139 Å². The highest BCUT2D eigenvalue weighted by Gasteiger charge is 2.17. The van der Waals surface area contributed by atoms with Crippen LogP contribution in [0.25, 0.3) is 10.8 Å². The van der Waals surface area contributed by atoms with Crippen LogP contribution in [0.15, 0.2) is 54.7 Å². The first-order chi connectivity index (χ1) is 11.6. The Morgan fingerprint density at radius 1 is 1.17 bits per heavy atom. The molecule has 0 saturated heterocycles. The van der Waals surface area contributed by atoms with E-state index in [1.54, 1.807) is 13.2 Å². The molecule has 0 fully saturated rings. The summed E-state index contributed by atoms with van der Waals surface area (Å²) in [5, 5.41) is 14.5. The SMILES string of the molecule is COc1ccc2cc([C@@H](C)C(=O)Nc3ncccc3O)ccc2c1. The molecule has 0 aliphatic rings. The van der Waals surface area contributed by atoms with Crippen LogP contribution >= 0.6 is 0 Å². The van der Waals surface area contributed by atoms with Crippen LogP contribution in [0.3, 0.4) is 0 Å². The first-order valence-electron chi connectivity index (χ1n) is 7.61. The molecule has 1 amide bonds. The molecule has 24 heavy (non-hydrogen) atoms. The van der Waals surface area contributed by atoms with Crippen molar-refractivity contribution in [2.24, 2.45) is 0 Å². The standard InChI is InChI=1S/C19H18N2O3/c1-12(19(23)21-18-17(22)4-3-9-20-18)13-5-6-15-11-16(24-2)8-7-14(15)10-13/h3-12,22H,1-2H3,(H,20,21,23)/t12-/m1/s1. The minimum absolute atomic E-state index is 0.0522. The first kappa shape index (κ1) is 15.8. The predicted molar refractivity (Wildman–Crippen MR) is 93.4 cm³/mol. The Bertz CT molecular complexity index is 893. The number of rotatable bonds is 4. The minimum atomic E-state index is -0.377. The quantitative estimate of drug-likeness (QED) is 0.768. The van der Waals surface area contributed by atoms with Gasteiger partial charge in [0.15, 0.2) is 11.6 Å². The average molecular weight is 322 g/mol. The number of nitrogens with zero attached hydrogens (tertiary/aromatic N) is 1. The van der Waals surface area contributed by atoms with Gasteiger partial charge in [-0.05, 0) is 47.5 Å². The molecule has 1 aromatic heterocycles. The second-order valence-corrected chi connectivity index (χ2v) is 5.55. The molecular formula is C19H18N2O3. The van der Waals surface area contributed by atoms with Crippen LogP contribution in [0.1, 0.15) is 18.4 Å². The van der Waals surface area contributed by atoms with Crippen molar-refractivity contribution >= 4 is 22.5 Å². The molecule has 3 aromatic rings. The second-order valence-electron chi connectivity index (χ2n) is 5.55. The zero-order chi connectivity index (χ0) is 17.1. The number of amides is 1. The van der Waals surface area contributed by atoms with Gasteiger partial charge in [-0.2, -0.15) is 0 Å². The maximum Gasteiger partial charge on any atom is 0.232 e. The topological polar surface area (TPSA) is 71.5 Å². The Kier molecular flexibility index (Phi) is 4.33. The molecule has 0 aliphatic carbocycles. The van der Waals surface area contributed by atoms with Crippen LogP contribution in [0.5, 0.6) is 11.5 Å². The van der Waals surface area contributed by atoms with Crippen molar-refractivity contribution < 1.29 is 14.6 Å². The van der Waals surface area contributed by atoms with E-state index in [0.29, 0.717) is 0 Å². The number of hydrogen-bond donors (Lipinski definition) is 2. The highest BCUT2D eigenvalue weighted by molar-refractivity contribution is 5.96. The van der Waals surface area contributed by atoms with Crippen molar-refractivity contribution in [2.75, 3.05) is 12.4 Å². The van der Waals surface area contributed by atoms with E-state index < -0.39 is 0 Å². The van der Waals surface area contributed by atoms with Gasteiger partial charge >= 0.3 is 0 Å². The van der Waals surface area contributed by atoms with E-state index in [1.807, 2.05) is 43.3 Å². The molecule has 2 N–H and O–H groups in total. The molecule has 0 unspecified atom stereocenters. The average Bonchev–Trinajstić information content (AvgIpc) is 2.62. The molecule has 0 spiro atoms. The summed E-state index contributed by atoms with van der Waals surface area (Å²) in [5.74, 6) is 0.310. The molecule has 2 aromatic carbocycles. The number of carbonyl (C=O) groups is 1. The summed E-state index contributed by atoms with van der Waals surface area (Å²) < 4.78 is 5.22. The van der Waals surface area contributed by atoms with Crippen molar-refractivity contribution in [2.45, 2.75) is 12.8 Å². The number of carbonyl (C=O) groups excluding carboxylic acids is 1. The van der Waals surface area contributed by atoms with Gasteiger partial charge in [0.2, 0.25) is 5.91 Å². The van der Waals surface area contributed by atoms with Crippen LogP contribution in [0.4, 0.5) is 5.82 Å². The van der Waals surface area contributed by atoms with E-state index in [4.69, 9.17) is 4.74 Å². The number of fused-ring (bicyclic) bond motifs is 1. The minimum Gasteiger partial charge on any atom is -0.504 e. The zero-order valence-corrected chi connectivity index (χ0v) is 13.5. The Balaban J connectivity index is 1.83. The van der Waals surface area contributed by atoms with E-state index in [1.165, 1.54) is 12.3 Å². The lowest BCUT2D eigenvalue weighted by molar-refractivity contribution is -0.117. The lowest BCUT2D eigenvalue weighted by Gasteiger charge is -2.14. The molecule has 0 radical (unpaired) electrons. The van der Waals surface area contributed by atoms with Gasteiger partial charge in [-0.3, -0.25) is 4.79 Å². The molecule has 0 aliphatic heterocycles.